The summed E-state index contributed by atoms with van der Waals surface area (Å²) in [6, 6.07) is -0.159. The first-order valence-electron chi connectivity index (χ1n) is 15.3. The van der Waals surface area contributed by atoms with Gasteiger partial charge in [0.1, 0.15) is 0 Å². The van der Waals surface area contributed by atoms with Crippen molar-refractivity contribution >= 4 is 23.6 Å². The van der Waals surface area contributed by atoms with Crippen LogP contribution < -0.4 is 61.8 Å². The molecular formula is C33H48KNO6. The number of carboxylic acid groups (broad SMARTS) is 2. The third-order valence-electron chi connectivity index (χ3n) is 13.8. The van der Waals surface area contributed by atoms with Crippen molar-refractivity contribution < 1.29 is 80.8 Å². The Labute approximate surface area is 287 Å². The number of allylic oxidation sites excluding steroid dienone is 2. The minimum atomic E-state index is -1.38. The molecule has 2 N–H and O–H groups in total. The van der Waals surface area contributed by atoms with Gasteiger partial charge in [-0.15, -0.1) is 0 Å². The van der Waals surface area contributed by atoms with E-state index >= 15 is 0 Å². The van der Waals surface area contributed by atoms with Gasteiger partial charge in [0.05, 0.1) is 17.8 Å². The number of rotatable bonds is 4. The SMILES string of the molecule is CC1(C)C2CC[C@]3(C)C(C(=O)C=C4[C@@H]5C[C@@](C)(C(=O)O)CC[C@]5(C)CC[C@]43C)[C@@]2(C)CC[C@@H]1NC(=O)CC(=O)[O-].[K+]. The number of fused-ring (bicyclic) bond motifs is 7. The first-order valence-corrected chi connectivity index (χ1v) is 15.3. The van der Waals surface area contributed by atoms with Gasteiger partial charge in [-0.05, 0) is 110 Å². The van der Waals surface area contributed by atoms with Crippen molar-refractivity contribution in [3.05, 3.63) is 11.6 Å². The van der Waals surface area contributed by atoms with E-state index in [9.17, 15) is 29.4 Å². The largest absolute Gasteiger partial charge is 1.00 e. The standard InChI is InChI=1S/C33H49NO6.K/c1-28(2)22-8-11-33(7)26(31(22,5)10-9-23(28)34-24(36)17-25(37)38)21(35)16-19-20-18-30(4,27(39)40)13-12-29(20,3)14-15-32(19,33)6;/h16,20,22-23,26H,8-15,17-18H2,1-7H3,(H,34,36)(H,37,38)(H,39,40);/q;+1/p-1/t20-,22?,23-,26?,29+,30-,31-,32+,33+;/m0./s1. The van der Waals surface area contributed by atoms with E-state index in [1.54, 1.807) is 0 Å². The van der Waals surface area contributed by atoms with Crippen molar-refractivity contribution in [3.63, 3.8) is 0 Å². The van der Waals surface area contributed by atoms with Gasteiger partial charge in [-0.1, -0.05) is 47.1 Å². The molecule has 0 aromatic heterocycles. The van der Waals surface area contributed by atoms with Gasteiger partial charge in [-0.2, -0.15) is 0 Å². The van der Waals surface area contributed by atoms with Gasteiger partial charge < -0.3 is 20.3 Å². The zero-order chi connectivity index (χ0) is 29.7. The van der Waals surface area contributed by atoms with Gasteiger partial charge >= 0.3 is 57.4 Å². The first-order chi connectivity index (χ1) is 18.3. The van der Waals surface area contributed by atoms with Crippen LogP contribution in [0.3, 0.4) is 0 Å². The number of hydrogen-bond donors (Lipinski definition) is 2. The molecule has 0 radical (unpaired) electrons. The molecule has 4 fully saturated rings. The second-order valence-electron chi connectivity index (χ2n) is 16.1. The molecule has 222 valence electrons. The zero-order valence-corrected chi connectivity index (χ0v) is 29.6. The van der Waals surface area contributed by atoms with Gasteiger partial charge in [0.2, 0.25) is 5.91 Å². The zero-order valence-electron chi connectivity index (χ0n) is 26.4. The number of hydrogen-bond acceptors (Lipinski definition) is 5. The number of carbonyl (C=O) groups excluding carboxylic acids is 3. The van der Waals surface area contributed by atoms with E-state index in [1.165, 1.54) is 5.57 Å². The molecule has 0 aromatic carbocycles. The maximum Gasteiger partial charge on any atom is 1.00 e. The van der Waals surface area contributed by atoms with Crippen LogP contribution in [0.4, 0.5) is 0 Å². The van der Waals surface area contributed by atoms with Crippen molar-refractivity contribution in [3.8, 4) is 0 Å². The predicted octanol–water partition coefficient (Wildman–Crippen LogP) is 1.68. The van der Waals surface area contributed by atoms with Gasteiger partial charge in [0.25, 0.3) is 0 Å². The van der Waals surface area contributed by atoms with Crippen LogP contribution in [0.2, 0.25) is 0 Å². The topological polar surface area (TPSA) is 124 Å². The molecule has 0 bridgehead atoms. The van der Waals surface area contributed by atoms with Crippen LogP contribution in [-0.2, 0) is 19.2 Å². The second kappa shape index (κ2) is 10.5. The summed E-state index contributed by atoms with van der Waals surface area (Å²) < 4.78 is 0. The van der Waals surface area contributed by atoms with Gasteiger partial charge in [0, 0.05) is 12.0 Å². The Morgan fingerprint density at radius 3 is 2.20 bits per heavy atom. The molecule has 0 spiro atoms. The predicted molar refractivity (Wildman–Crippen MR) is 149 cm³/mol. The molecule has 2 unspecified atom stereocenters. The van der Waals surface area contributed by atoms with Crippen molar-refractivity contribution in [2.24, 2.45) is 50.2 Å². The molecular weight excluding hydrogens is 545 g/mol. The maximum absolute atomic E-state index is 14.4. The Kier molecular flexibility index (Phi) is 8.56. The van der Waals surface area contributed by atoms with Crippen LogP contribution in [0.25, 0.3) is 0 Å². The molecule has 0 aliphatic heterocycles. The summed E-state index contributed by atoms with van der Waals surface area (Å²) in [5.41, 5.74) is -0.507. The summed E-state index contributed by atoms with van der Waals surface area (Å²) in [4.78, 5) is 50.1. The van der Waals surface area contributed by atoms with Gasteiger partial charge in [0.15, 0.2) is 5.78 Å². The molecule has 5 aliphatic rings. The third kappa shape index (κ3) is 4.79. The Morgan fingerprint density at radius 1 is 0.951 bits per heavy atom. The summed E-state index contributed by atoms with van der Waals surface area (Å²) >= 11 is 0. The van der Waals surface area contributed by atoms with Gasteiger partial charge in [-0.25, -0.2) is 0 Å². The first kappa shape index (κ1) is 33.4. The summed E-state index contributed by atoms with van der Waals surface area (Å²) in [6.07, 6.45) is 8.88. The van der Waals surface area contributed by atoms with Crippen LogP contribution >= 0.6 is 0 Å². The number of carbonyl (C=O) groups is 4. The van der Waals surface area contributed by atoms with Crippen LogP contribution in [0.1, 0.15) is 113 Å². The summed E-state index contributed by atoms with van der Waals surface area (Å²) in [5.74, 6) is -2.27. The minimum absolute atomic E-state index is 0. The van der Waals surface area contributed by atoms with Crippen LogP contribution in [0.15, 0.2) is 11.6 Å². The molecule has 0 heterocycles. The van der Waals surface area contributed by atoms with E-state index in [2.05, 4.69) is 46.9 Å². The molecule has 5 aliphatic carbocycles. The molecule has 8 heteroatoms. The molecule has 7 nitrogen and oxygen atoms in total. The van der Waals surface area contributed by atoms with Crippen molar-refractivity contribution in [1.29, 1.82) is 0 Å². The van der Waals surface area contributed by atoms with E-state index in [-0.39, 0.29) is 108 Å². The maximum atomic E-state index is 14.4. The molecule has 9 atom stereocenters. The summed E-state index contributed by atoms with van der Waals surface area (Å²) in [6.45, 7) is 15.5. The van der Waals surface area contributed by atoms with E-state index < -0.39 is 29.7 Å². The minimum Gasteiger partial charge on any atom is -0.550 e. The molecule has 0 saturated heterocycles. The molecule has 5 rings (SSSR count). The number of nitrogens with one attached hydrogen (secondary N) is 1. The van der Waals surface area contributed by atoms with E-state index in [1.807, 2.05) is 13.0 Å². The van der Waals surface area contributed by atoms with E-state index in [0.29, 0.717) is 19.3 Å². The Morgan fingerprint density at radius 2 is 1.59 bits per heavy atom. The Balaban J connectivity index is 0.00000387. The van der Waals surface area contributed by atoms with E-state index in [4.69, 9.17) is 0 Å². The Bertz CT molecular complexity index is 1200. The quantitative estimate of drug-likeness (QED) is 0.378. The average Bonchev–Trinajstić information content (AvgIpc) is 2.82. The fourth-order valence-corrected chi connectivity index (χ4v) is 11.0. The third-order valence-corrected chi connectivity index (χ3v) is 13.8. The number of carboxylic acids is 2. The van der Waals surface area contributed by atoms with Crippen molar-refractivity contribution in [1.82, 2.24) is 5.32 Å². The van der Waals surface area contributed by atoms with Crippen LogP contribution in [-0.4, -0.2) is 34.8 Å². The van der Waals surface area contributed by atoms with Gasteiger partial charge in [-0.3, -0.25) is 14.4 Å². The fraction of sp³-hybridized carbons (Fsp3) is 0.818. The molecule has 1 amide bonds. The molecule has 41 heavy (non-hydrogen) atoms. The normalized spacial score (nSPS) is 46.3. The van der Waals surface area contributed by atoms with Crippen molar-refractivity contribution in [2.75, 3.05) is 0 Å². The molecule has 0 aromatic rings. The van der Waals surface area contributed by atoms with Crippen LogP contribution in [0, 0.1) is 50.2 Å². The second-order valence-corrected chi connectivity index (χ2v) is 16.1. The smallest absolute Gasteiger partial charge is 0.550 e. The fourth-order valence-electron chi connectivity index (χ4n) is 11.0. The number of ketones is 1. The van der Waals surface area contributed by atoms with Crippen LogP contribution in [0.5, 0.6) is 0 Å². The number of aliphatic carboxylic acids is 2. The Hall–Kier alpha value is -0.544. The average molecular weight is 594 g/mol. The summed E-state index contributed by atoms with van der Waals surface area (Å²) in [7, 11) is 0. The van der Waals surface area contributed by atoms with E-state index in [0.717, 1.165) is 38.5 Å². The molecule has 4 saturated carbocycles. The monoisotopic (exact) mass is 593 g/mol. The summed E-state index contributed by atoms with van der Waals surface area (Å²) in [5, 5.41) is 24.1. The van der Waals surface area contributed by atoms with Crippen molar-refractivity contribution in [2.45, 2.75) is 119 Å². The number of amides is 1.